The SMILES string of the molecule is CC1Oc2ccc(CN)cc2N(C(C)C(=O)O)C1=O. The van der Waals surface area contributed by atoms with Crippen molar-refractivity contribution in [2.75, 3.05) is 4.90 Å². The number of amides is 1. The number of fused-ring (bicyclic) bond motifs is 1. The van der Waals surface area contributed by atoms with E-state index in [0.717, 1.165) is 5.56 Å². The van der Waals surface area contributed by atoms with E-state index in [9.17, 15) is 9.59 Å². The van der Waals surface area contributed by atoms with Crippen LogP contribution >= 0.6 is 0 Å². The zero-order valence-corrected chi connectivity index (χ0v) is 10.8. The average Bonchev–Trinajstić information content (AvgIpc) is 2.39. The maximum atomic E-state index is 12.1. The molecule has 1 aromatic carbocycles. The standard InChI is InChI=1S/C13H16N2O4/c1-7(13(17)18)15-10-5-9(6-14)3-4-11(10)19-8(2)12(15)16/h3-5,7-8H,6,14H2,1-2H3,(H,17,18). The highest BCUT2D eigenvalue weighted by atomic mass is 16.5. The van der Waals surface area contributed by atoms with Gasteiger partial charge < -0.3 is 15.6 Å². The quantitative estimate of drug-likeness (QED) is 0.839. The Morgan fingerprint density at radius 2 is 2.26 bits per heavy atom. The van der Waals surface area contributed by atoms with E-state index in [1.165, 1.54) is 11.8 Å². The van der Waals surface area contributed by atoms with Crippen LogP contribution in [0, 0.1) is 0 Å². The summed E-state index contributed by atoms with van der Waals surface area (Å²) in [6.07, 6.45) is -0.696. The number of benzene rings is 1. The van der Waals surface area contributed by atoms with Crippen LogP contribution in [0.15, 0.2) is 18.2 Å². The summed E-state index contributed by atoms with van der Waals surface area (Å²) in [7, 11) is 0. The Bertz CT molecular complexity index is 529. The molecule has 0 radical (unpaired) electrons. The number of rotatable bonds is 3. The minimum absolute atomic E-state index is 0.312. The van der Waals surface area contributed by atoms with E-state index in [-0.39, 0.29) is 5.91 Å². The molecular weight excluding hydrogens is 248 g/mol. The van der Waals surface area contributed by atoms with E-state index >= 15 is 0 Å². The molecule has 6 nitrogen and oxygen atoms in total. The third-order valence-corrected chi connectivity index (χ3v) is 3.15. The maximum absolute atomic E-state index is 12.1. The number of carboxylic acid groups (broad SMARTS) is 1. The molecule has 1 amide bonds. The lowest BCUT2D eigenvalue weighted by molar-refractivity contribution is -0.140. The first-order valence-electron chi connectivity index (χ1n) is 6.01. The molecule has 0 bridgehead atoms. The molecule has 6 heteroatoms. The van der Waals surface area contributed by atoms with Crippen LogP contribution in [-0.2, 0) is 16.1 Å². The molecule has 0 fully saturated rings. The molecule has 0 aliphatic carbocycles. The highest BCUT2D eigenvalue weighted by Gasteiger charge is 2.37. The number of aliphatic carboxylic acids is 1. The summed E-state index contributed by atoms with van der Waals surface area (Å²) >= 11 is 0. The van der Waals surface area contributed by atoms with Crippen molar-refractivity contribution >= 4 is 17.6 Å². The average molecular weight is 264 g/mol. The van der Waals surface area contributed by atoms with Crippen LogP contribution in [0.2, 0.25) is 0 Å². The fourth-order valence-corrected chi connectivity index (χ4v) is 2.04. The molecule has 3 N–H and O–H groups in total. The lowest BCUT2D eigenvalue weighted by atomic mass is 10.1. The van der Waals surface area contributed by atoms with Gasteiger partial charge in [-0.2, -0.15) is 0 Å². The van der Waals surface area contributed by atoms with E-state index in [2.05, 4.69) is 0 Å². The summed E-state index contributed by atoms with van der Waals surface area (Å²) in [5.41, 5.74) is 6.84. The van der Waals surface area contributed by atoms with Crippen LogP contribution in [0.1, 0.15) is 19.4 Å². The number of hydrogen-bond acceptors (Lipinski definition) is 4. The molecule has 1 aliphatic rings. The monoisotopic (exact) mass is 264 g/mol. The van der Waals surface area contributed by atoms with E-state index in [1.54, 1.807) is 25.1 Å². The first-order chi connectivity index (χ1) is 8.95. The van der Waals surface area contributed by atoms with Crippen LogP contribution < -0.4 is 15.4 Å². The molecule has 2 rings (SSSR count). The number of carbonyl (C=O) groups excluding carboxylic acids is 1. The number of anilines is 1. The van der Waals surface area contributed by atoms with Crippen molar-refractivity contribution in [3.63, 3.8) is 0 Å². The molecule has 0 saturated heterocycles. The molecule has 2 unspecified atom stereocenters. The van der Waals surface area contributed by atoms with Crippen LogP contribution in [0.5, 0.6) is 5.75 Å². The zero-order chi connectivity index (χ0) is 14.2. The molecule has 0 saturated carbocycles. The van der Waals surface area contributed by atoms with Crippen molar-refractivity contribution in [1.29, 1.82) is 0 Å². The number of ether oxygens (including phenoxy) is 1. The molecule has 1 aliphatic heterocycles. The lowest BCUT2D eigenvalue weighted by Crippen LogP contribution is -2.51. The molecule has 2 atom stereocenters. The second kappa shape index (κ2) is 4.89. The van der Waals surface area contributed by atoms with Crippen LogP contribution in [-0.4, -0.2) is 29.1 Å². The molecule has 102 valence electrons. The van der Waals surface area contributed by atoms with Gasteiger partial charge in [0, 0.05) is 6.54 Å². The normalized spacial score (nSPS) is 19.6. The molecule has 0 aromatic heterocycles. The van der Waals surface area contributed by atoms with Crippen LogP contribution in [0.3, 0.4) is 0 Å². The summed E-state index contributed by atoms with van der Waals surface area (Å²) < 4.78 is 5.48. The molecule has 0 spiro atoms. The second-order valence-corrected chi connectivity index (χ2v) is 4.49. The summed E-state index contributed by atoms with van der Waals surface area (Å²) in [6, 6.07) is 4.25. The third kappa shape index (κ3) is 2.26. The van der Waals surface area contributed by atoms with Crippen molar-refractivity contribution in [3.05, 3.63) is 23.8 Å². The Hall–Kier alpha value is -2.08. The Labute approximate surface area is 110 Å². The molecule has 1 heterocycles. The van der Waals surface area contributed by atoms with Crippen molar-refractivity contribution < 1.29 is 19.4 Å². The van der Waals surface area contributed by atoms with E-state index < -0.39 is 18.1 Å². The van der Waals surface area contributed by atoms with Crippen molar-refractivity contribution in [2.45, 2.75) is 32.5 Å². The third-order valence-electron chi connectivity index (χ3n) is 3.15. The van der Waals surface area contributed by atoms with Gasteiger partial charge in [0.1, 0.15) is 11.8 Å². The van der Waals surface area contributed by atoms with Gasteiger partial charge in [0.2, 0.25) is 0 Å². The van der Waals surface area contributed by atoms with Gasteiger partial charge in [0.05, 0.1) is 5.69 Å². The number of hydrogen-bond donors (Lipinski definition) is 2. The lowest BCUT2D eigenvalue weighted by Gasteiger charge is -2.35. The van der Waals surface area contributed by atoms with Gasteiger partial charge in [-0.15, -0.1) is 0 Å². The molecule has 19 heavy (non-hydrogen) atoms. The predicted molar refractivity (Wildman–Crippen MR) is 69.0 cm³/mol. The van der Waals surface area contributed by atoms with Crippen molar-refractivity contribution in [2.24, 2.45) is 5.73 Å². The van der Waals surface area contributed by atoms with Gasteiger partial charge in [0.25, 0.3) is 5.91 Å². The smallest absolute Gasteiger partial charge is 0.326 e. The largest absolute Gasteiger partial charge is 0.480 e. The summed E-state index contributed by atoms with van der Waals surface area (Å²) in [5.74, 6) is -0.930. The Balaban J connectivity index is 2.53. The predicted octanol–water partition coefficient (Wildman–Crippen LogP) is 0.732. The highest BCUT2D eigenvalue weighted by Crippen LogP contribution is 2.36. The van der Waals surface area contributed by atoms with E-state index in [1.807, 2.05) is 0 Å². The van der Waals surface area contributed by atoms with Crippen LogP contribution in [0.25, 0.3) is 0 Å². The van der Waals surface area contributed by atoms with Gasteiger partial charge in [-0.05, 0) is 31.5 Å². The van der Waals surface area contributed by atoms with Gasteiger partial charge >= 0.3 is 5.97 Å². The second-order valence-electron chi connectivity index (χ2n) is 4.49. The zero-order valence-electron chi connectivity index (χ0n) is 10.8. The van der Waals surface area contributed by atoms with Gasteiger partial charge in [0.15, 0.2) is 6.10 Å². The fraction of sp³-hybridized carbons (Fsp3) is 0.385. The molecular formula is C13H16N2O4. The van der Waals surface area contributed by atoms with Gasteiger partial charge in [-0.25, -0.2) is 4.79 Å². The number of nitrogens with zero attached hydrogens (tertiary/aromatic N) is 1. The highest BCUT2D eigenvalue weighted by molar-refractivity contribution is 6.04. The molecule has 1 aromatic rings. The van der Waals surface area contributed by atoms with Gasteiger partial charge in [-0.3, -0.25) is 9.69 Å². The number of carbonyl (C=O) groups is 2. The summed E-state index contributed by atoms with van der Waals surface area (Å²) in [4.78, 5) is 24.6. The minimum Gasteiger partial charge on any atom is -0.480 e. The Morgan fingerprint density at radius 1 is 1.58 bits per heavy atom. The summed E-state index contributed by atoms with van der Waals surface area (Å²) in [5, 5.41) is 9.13. The fourth-order valence-electron chi connectivity index (χ4n) is 2.04. The first-order valence-corrected chi connectivity index (χ1v) is 6.01. The van der Waals surface area contributed by atoms with Crippen molar-refractivity contribution in [3.8, 4) is 5.75 Å². The van der Waals surface area contributed by atoms with Crippen LogP contribution in [0.4, 0.5) is 5.69 Å². The van der Waals surface area contributed by atoms with Crippen molar-refractivity contribution in [1.82, 2.24) is 0 Å². The Kier molecular flexibility index (Phi) is 3.44. The summed E-state index contributed by atoms with van der Waals surface area (Å²) in [6.45, 7) is 3.38. The Morgan fingerprint density at radius 3 is 2.84 bits per heavy atom. The minimum atomic E-state index is -1.06. The van der Waals surface area contributed by atoms with E-state index in [0.29, 0.717) is 18.0 Å². The number of carboxylic acids is 1. The first kappa shape index (κ1) is 13.4. The topological polar surface area (TPSA) is 92.9 Å². The maximum Gasteiger partial charge on any atom is 0.326 e. The van der Waals surface area contributed by atoms with Gasteiger partial charge in [-0.1, -0.05) is 6.07 Å². The number of nitrogens with two attached hydrogens (primary N) is 1. The van der Waals surface area contributed by atoms with E-state index in [4.69, 9.17) is 15.6 Å².